The number of carbonyl (C=O) groups is 1. The van der Waals surface area contributed by atoms with E-state index in [0.717, 1.165) is 5.56 Å². The SMILES string of the molecule is CCOc1cc(/C=N\NC(=O)c2cccc(Cl)c2)ccc1OC. The van der Waals surface area contributed by atoms with Crippen LogP contribution in [-0.4, -0.2) is 25.8 Å². The summed E-state index contributed by atoms with van der Waals surface area (Å²) >= 11 is 5.85. The van der Waals surface area contributed by atoms with Crippen molar-refractivity contribution in [1.82, 2.24) is 5.43 Å². The number of hydrazone groups is 1. The van der Waals surface area contributed by atoms with Crippen molar-refractivity contribution in [2.75, 3.05) is 13.7 Å². The van der Waals surface area contributed by atoms with Crippen LogP contribution >= 0.6 is 11.6 Å². The molecule has 0 aromatic heterocycles. The number of halogens is 1. The average molecular weight is 333 g/mol. The molecule has 5 nitrogen and oxygen atoms in total. The second-order valence-electron chi connectivity index (χ2n) is 4.55. The Hall–Kier alpha value is -2.53. The summed E-state index contributed by atoms with van der Waals surface area (Å²) in [6.45, 7) is 2.42. The van der Waals surface area contributed by atoms with Crippen LogP contribution in [0.15, 0.2) is 47.6 Å². The molecular formula is C17H17ClN2O3. The Bertz CT molecular complexity index is 717. The minimum atomic E-state index is -0.331. The molecule has 0 heterocycles. The lowest BCUT2D eigenvalue weighted by molar-refractivity contribution is 0.0955. The van der Waals surface area contributed by atoms with Crippen LogP contribution in [0.25, 0.3) is 0 Å². The van der Waals surface area contributed by atoms with Gasteiger partial charge in [0.05, 0.1) is 19.9 Å². The maximum Gasteiger partial charge on any atom is 0.271 e. The molecule has 0 unspecified atom stereocenters. The van der Waals surface area contributed by atoms with Gasteiger partial charge in [0.2, 0.25) is 0 Å². The zero-order valence-corrected chi connectivity index (χ0v) is 13.6. The summed E-state index contributed by atoms with van der Waals surface area (Å²) in [5.41, 5.74) is 3.68. The Morgan fingerprint density at radius 1 is 1.26 bits per heavy atom. The summed E-state index contributed by atoms with van der Waals surface area (Å²) in [5, 5.41) is 4.44. The minimum absolute atomic E-state index is 0.331. The molecule has 1 N–H and O–H groups in total. The van der Waals surface area contributed by atoms with Gasteiger partial charge >= 0.3 is 0 Å². The Labute approximate surface area is 139 Å². The number of hydrogen-bond acceptors (Lipinski definition) is 4. The monoisotopic (exact) mass is 332 g/mol. The molecule has 2 aromatic carbocycles. The fourth-order valence-corrected chi connectivity index (χ4v) is 2.09. The molecule has 2 rings (SSSR count). The van der Waals surface area contributed by atoms with Gasteiger partial charge in [0.1, 0.15) is 0 Å². The van der Waals surface area contributed by atoms with Gasteiger partial charge in [0, 0.05) is 10.6 Å². The molecular weight excluding hydrogens is 316 g/mol. The third-order valence-electron chi connectivity index (χ3n) is 2.95. The van der Waals surface area contributed by atoms with Crippen molar-refractivity contribution in [1.29, 1.82) is 0 Å². The van der Waals surface area contributed by atoms with Crippen molar-refractivity contribution in [2.24, 2.45) is 5.10 Å². The molecule has 0 saturated heterocycles. The summed E-state index contributed by atoms with van der Waals surface area (Å²) in [7, 11) is 1.58. The molecule has 23 heavy (non-hydrogen) atoms. The predicted octanol–water partition coefficient (Wildman–Crippen LogP) is 3.51. The van der Waals surface area contributed by atoms with Crippen LogP contribution in [0.5, 0.6) is 11.5 Å². The van der Waals surface area contributed by atoms with Crippen LogP contribution in [0.1, 0.15) is 22.8 Å². The number of benzene rings is 2. The first-order valence-electron chi connectivity index (χ1n) is 7.04. The summed E-state index contributed by atoms with van der Waals surface area (Å²) in [6.07, 6.45) is 1.53. The number of ether oxygens (including phenoxy) is 2. The van der Waals surface area contributed by atoms with Crippen LogP contribution in [0, 0.1) is 0 Å². The highest BCUT2D eigenvalue weighted by molar-refractivity contribution is 6.30. The second kappa shape index (κ2) is 8.19. The van der Waals surface area contributed by atoms with E-state index >= 15 is 0 Å². The highest BCUT2D eigenvalue weighted by Gasteiger charge is 2.05. The van der Waals surface area contributed by atoms with Gasteiger partial charge in [-0.05, 0) is 48.9 Å². The van der Waals surface area contributed by atoms with E-state index in [4.69, 9.17) is 21.1 Å². The van der Waals surface area contributed by atoms with Crippen LogP contribution in [0.4, 0.5) is 0 Å². The quantitative estimate of drug-likeness (QED) is 0.650. The third-order valence-corrected chi connectivity index (χ3v) is 3.19. The number of carbonyl (C=O) groups excluding carboxylic acids is 1. The van der Waals surface area contributed by atoms with E-state index in [-0.39, 0.29) is 5.91 Å². The third kappa shape index (κ3) is 4.72. The lowest BCUT2D eigenvalue weighted by atomic mass is 10.2. The molecule has 0 aliphatic rings. The standard InChI is InChI=1S/C17H17ClN2O3/c1-3-23-16-9-12(7-8-15(16)22-2)11-19-20-17(21)13-5-4-6-14(18)10-13/h4-11H,3H2,1-2H3,(H,20,21)/b19-11-. The van der Waals surface area contributed by atoms with Crippen LogP contribution in [-0.2, 0) is 0 Å². The van der Waals surface area contributed by atoms with E-state index in [1.54, 1.807) is 43.5 Å². The van der Waals surface area contributed by atoms with Crippen LogP contribution < -0.4 is 14.9 Å². The number of rotatable bonds is 6. The highest BCUT2D eigenvalue weighted by atomic mass is 35.5. The van der Waals surface area contributed by atoms with E-state index in [2.05, 4.69) is 10.5 Å². The van der Waals surface area contributed by atoms with Gasteiger partial charge in [-0.1, -0.05) is 17.7 Å². The maximum absolute atomic E-state index is 11.9. The number of hydrogen-bond donors (Lipinski definition) is 1. The molecule has 0 spiro atoms. The fourth-order valence-electron chi connectivity index (χ4n) is 1.90. The van der Waals surface area contributed by atoms with Crippen LogP contribution in [0.2, 0.25) is 5.02 Å². The normalized spacial score (nSPS) is 10.6. The Balaban J connectivity index is 2.05. The second-order valence-corrected chi connectivity index (χ2v) is 4.99. The lowest BCUT2D eigenvalue weighted by Gasteiger charge is -2.09. The Morgan fingerprint density at radius 3 is 2.78 bits per heavy atom. The predicted molar refractivity (Wildman–Crippen MR) is 90.7 cm³/mol. The number of amides is 1. The molecule has 0 fully saturated rings. The molecule has 0 aliphatic heterocycles. The van der Waals surface area contributed by atoms with E-state index < -0.39 is 0 Å². The van der Waals surface area contributed by atoms with Crippen molar-refractivity contribution in [3.8, 4) is 11.5 Å². The van der Waals surface area contributed by atoms with E-state index in [1.807, 2.05) is 13.0 Å². The van der Waals surface area contributed by atoms with Gasteiger partial charge in [0.15, 0.2) is 11.5 Å². The first kappa shape index (κ1) is 16.8. The van der Waals surface area contributed by atoms with Gasteiger partial charge < -0.3 is 9.47 Å². The number of nitrogens with one attached hydrogen (secondary N) is 1. The zero-order chi connectivity index (χ0) is 16.7. The first-order valence-corrected chi connectivity index (χ1v) is 7.41. The van der Waals surface area contributed by atoms with Gasteiger partial charge in [0.25, 0.3) is 5.91 Å². The summed E-state index contributed by atoms with van der Waals surface area (Å²) in [5.74, 6) is 0.939. The number of methoxy groups -OCH3 is 1. The minimum Gasteiger partial charge on any atom is -0.493 e. The van der Waals surface area contributed by atoms with E-state index in [1.165, 1.54) is 6.21 Å². The zero-order valence-electron chi connectivity index (χ0n) is 12.9. The smallest absolute Gasteiger partial charge is 0.271 e. The topological polar surface area (TPSA) is 59.9 Å². The maximum atomic E-state index is 11.9. The molecule has 6 heteroatoms. The Kier molecular flexibility index (Phi) is 6.00. The van der Waals surface area contributed by atoms with Gasteiger partial charge in [-0.25, -0.2) is 5.43 Å². The molecule has 120 valence electrons. The molecule has 2 aromatic rings. The van der Waals surface area contributed by atoms with E-state index in [0.29, 0.717) is 28.7 Å². The van der Waals surface area contributed by atoms with Crippen molar-refractivity contribution >= 4 is 23.7 Å². The van der Waals surface area contributed by atoms with Gasteiger partial charge in [-0.3, -0.25) is 4.79 Å². The number of nitrogens with zero attached hydrogens (tertiary/aromatic N) is 1. The summed E-state index contributed by atoms with van der Waals surface area (Å²) < 4.78 is 10.7. The van der Waals surface area contributed by atoms with Gasteiger partial charge in [-0.15, -0.1) is 0 Å². The molecule has 1 amide bonds. The van der Waals surface area contributed by atoms with Crippen molar-refractivity contribution < 1.29 is 14.3 Å². The summed E-state index contributed by atoms with van der Waals surface area (Å²) in [6, 6.07) is 12.0. The fraction of sp³-hybridized carbons (Fsp3) is 0.176. The molecule has 0 aliphatic carbocycles. The van der Waals surface area contributed by atoms with Crippen molar-refractivity contribution in [3.63, 3.8) is 0 Å². The molecule has 0 atom stereocenters. The van der Waals surface area contributed by atoms with Crippen molar-refractivity contribution in [3.05, 3.63) is 58.6 Å². The lowest BCUT2D eigenvalue weighted by Crippen LogP contribution is -2.17. The molecule has 0 bridgehead atoms. The van der Waals surface area contributed by atoms with E-state index in [9.17, 15) is 4.79 Å². The van der Waals surface area contributed by atoms with Crippen LogP contribution in [0.3, 0.4) is 0 Å². The average Bonchev–Trinajstić information content (AvgIpc) is 2.55. The van der Waals surface area contributed by atoms with Gasteiger partial charge in [-0.2, -0.15) is 5.10 Å². The summed E-state index contributed by atoms with van der Waals surface area (Å²) in [4.78, 5) is 11.9. The van der Waals surface area contributed by atoms with Crippen molar-refractivity contribution in [2.45, 2.75) is 6.92 Å². The Morgan fingerprint density at radius 2 is 2.09 bits per heavy atom. The highest BCUT2D eigenvalue weighted by Crippen LogP contribution is 2.27. The first-order chi connectivity index (χ1) is 11.1. The molecule has 0 radical (unpaired) electrons. The molecule has 0 saturated carbocycles. The largest absolute Gasteiger partial charge is 0.493 e.